The van der Waals surface area contributed by atoms with Crippen molar-refractivity contribution in [3.63, 3.8) is 0 Å². The molecule has 0 bridgehead atoms. The van der Waals surface area contributed by atoms with Crippen molar-refractivity contribution in [1.29, 1.82) is 0 Å². The van der Waals surface area contributed by atoms with Crippen LogP contribution in [0.25, 0.3) is 0 Å². The van der Waals surface area contributed by atoms with Crippen molar-refractivity contribution < 1.29 is 0 Å². The van der Waals surface area contributed by atoms with Gasteiger partial charge in [-0.3, -0.25) is 4.68 Å². The Bertz CT molecular complexity index is 563. The highest BCUT2D eigenvalue weighted by atomic mass is 35.5. The Morgan fingerprint density at radius 1 is 1.29 bits per heavy atom. The standard InChI is InChI=1S/C17H24ClN3/c1-4-12-19-15(14-8-6-5-7-9-14)10-11-16-17(18)13(2)20-21(16)3/h5-9,15,19H,4,10-12H2,1-3H3. The Morgan fingerprint density at radius 3 is 2.57 bits per heavy atom. The molecule has 0 radical (unpaired) electrons. The van der Waals surface area contributed by atoms with Crippen molar-refractivity contribution >= 4 is 11.6 Å². The Morgan fingerprint density at radius 2 is 2.00 bits per heavy atom. The summed E-state index contributed by atoms with van der Waals surface area (Å²) in [7, 11) is 1.96. The summed E-state index contributed by atoms with van der Waals surface area (Å²) in [6, 6.07) is 11.0. The molecule has 2 aromatic rings. The van der Waals surface area contributed by atoms with Crippen LogP contribution >= 0.6 is 11.6 Å². The molecular formula is C17H24ClN3. The fourth-order valence-corrected chi connectivity index (χ4v) is 2.88. The molecule has 3 nitrogen and oxygen atoms in total. The maximum atomic E-state index is 6.34. The molecule has 21 heavy (non-hydrogen) atoms. The second-order valence-corrected chi connectivity index (χ2v) is 5.80. The highest BCUT2D eigenvalue weighted by Crippen LogP contribution is 2.24. The maximum absolute atomic E-state index is 6.34. The summed E-state index contributed by atoms with van der Waals surface area (Å²) in [5, 5.41) is 8.82. The van der Waals surface area contributed by atoms with Crippen molar-refractivity contribution in [2.24, 2.45) is 7.05 Å². The van der Waals surface area contributed by atoms with E-state index in [9.17, 15) is 0 Å². The summed E-state index contributed by atoms with van der Waals surface area (Å²) in [4.78, 5) is 0. The van der Waals surface area contributed by atoms with E-state index in [0.29, 0.717) is 6.04 Å². The first kappa shape index (κ1) is 16.1. The topological polar surface area (TPSA) is 29.9 Å². The summed E-state index contributed by atoms with van der Waals surface area (Å²) in [5.41, 5.74) is 3.36. The summed E-state index contributed by atoms with van der Waals surface area (Å²) < 4.78 is 1.90. The molecule has 0 aliphatic rings. The molecule has 0 amide bonds. The number of aromatic nitrogens is 2. The van der Waals surface area contributed by atoms with Gasteiger partial charge in [-0.15, -0.1) is 0 Å². The molecule has 0 aliphatic heterocycles. The van der Waals surface area contributed by atoms with Crippen LogP contribution in [0, 0.1) is 6.92 Å². The van der Waals surface area contributed by atoms with Gasteiger partial charge in [0.25, 0.3) is 0 Å². The van der Waals surface area contributed by atoms with Gasteiger partial charge in [-0.05, 0) is 38.3 Å². The fraction of sp³-hybridized carbons (Fsp3) is 0.471. The SMILES string of the molecule is CCCNC(CCc1c(Cl)c(C)nn1C)c1ccccc1. The van der Waals surface area contributed by atoms with Gasteiger partial charge in [0.1, 0.15) is 0 Å². The lowest BCUT2D eigenvalue weighted by molar-refractivity contribution is 0.491. The van der Waals surface area contributed by atoms with Crippen LogP contribution in [0.3, 0.4) is 0 Å². The zero-order chi connectivity index (χ0) is 15.2. The summed E-state index contributed by atoms with van der Waals surface area (Å²) in [5.74, 6) is 0. The summed E-state index contributed by atoms with van der Waals surface area (Å²) in [6.45, 7) is 5.17. The first-order valence-corrected chi connectivity index (χ1v) is 7.97. The zero-order valence-corrected chi connectivity index (χ0v) is 13.8. The number of halogens is 1. The third-order valence-corrected chi connectivity index (χ3v) is 4.27. The van der Waals surface area contributed by atoms with Crippen LogP contribution in [-0.2, 0) is 13.5 Å². The summed E-state index contributed by atoms with van der Waals surface area (Å²) >= 11 is 6.34. The normalized spacial score (nSPS) is 12.6. The molecule has 0 spiro atoms. The van der Waals surface area contributed by atoms with Crippen molar-refractivity contribution in [3.8, 4) is 0 Å². The first-order valence-electron chi connectivity index (χ1n) is 7.59. The van der Waals surface area contributed by atoms with Gasteiger partial charge in [-0.2, -0.15) is 5.10 Å². The van der Waals surface area contributed by atoms with Gasteiger partial charge in [-0.1, -0.05) is 48.9 Å². The van der Waals surface area contributed by atoms with Gasteiger partial charge >= 0.3 is 0 Å². The molecule has 1 atom stereocenters. The van der Waals surface area contributed by atoms with E-state index in [1.54, 1.807) is 0 Å². The minimum Gasteiger partial charge on any atom is -0.310 e. The van der Waals surface area contributed by atoms with Crippen molar-refractivity contribution in [3.05, 3.63) is 52.3 Å². The van der Waals surface area contributed by atoms with Gasteiger partial charge < -0.3 is 5.32 Å². The molecule has 0 fully saturated rings. The molecule has 1 aromatic carbocycles. The Labute approximate surface area is 132 Å². The largest absolute Gasteiger partial charge is 0.310 e. The molecule has 1 unspecified atom stereocenters. The minimum absolute atomic E-state index is 0.359. The number of benzene rings is 1. The second-order valence-electron chi connectivity index (χ2n) is 5.43. The summed E-state index contributed by atoms with van der Waals surface area (Å²) in [6.07, 6.45) is 3.07. The number of aryl methyl sites for hydroxylation is 2. The van der Waals surface area contributed by atoms with Gasteiger partial charge in [-0.25, -0.2) is 0 Å². The van der Waals surface area contributed by atoms with Crippen LogP contribution in [0.5, 0.6) is 0 Å². The number of rotatable bonds is 7. The predicted molar refractivity (Wildman–Crippen MR) is 88.8 cm³/mol. The van der Waals surface area contributed by atoms with E-state index in [-0.39, 0.29) is 0 Å². The molecule has 1 N–H and O–H groups in total. The average molecular weight is 306 g/mol. The first-order chi connectivity index (χ1) is 10.1. The lowest BCUT2D eigenvalue weighted by Gasteiger charge is -2.19. The quantitative estimate of drug-likeness (QED) is 0.836. The van der Waals surface area contributed by atoms with Crippen molar-refractivity contribution in [2.45, 2.75) is 39.2 Å². The Balaban J connectivity index is 2.09. The molecule has 114 valence electrons. The molecule has 1 heterocycles. The molecule has 0 aliphatic carbocycles. The second kappa shape index (κ2) is 7.62. The van der Waals surface area contributed by atoms with Crippen molar-refractivity contribution in [1.82, 2.24) is 15.1 Å². The zero-order valence-electron chi connectivity index (χ0n) is 13.1. The number of hydrogen-bond acceptors (Lipinski definition) is 2. The van der Waals surface area contributed by atoms with Crippen LogP contribution in [0.2, 0.25) is 5.02 Å². The van der Waals surface area contributed by atoms with Gasteiger partial charge in [0.2, 0.25) is 0 Å². The van der Waals surface area contributed by atoms with E-state index in [0.717, 1.165) is 42.2 Å². The van der Waals surface area contributed by atoms with Crippen LogP contribution in [-0.4, -0.2) is 16.3 Å². The number of hydrogen-bond donors (Lipinski definition) is 1. The average Bonchev–Trinajstić information content (AvgIpc) is 2.74. The van der Waals surface area contributed by atoms with Crippen LogP contribution in [0.1, 0.15) is 42.8 Å². The lowest BCUT2D eigenvalue weighted by Crippen LogP contribution is -2.23. The number of nitrogens with one attached hydrogen (secondary N) is 1. The predicted octanol–water partition coefficient (Wildman–Crippen LogP) is 4.06. The van der Waals surface area contributed by atoms with E-state index in [1.165, 1.54) is 5.56 Å². The molecule has 0 saturated carbocycles. The maximum Gasteiger partial charge on any atom is 0.0846 e. The number of nitrogens with zero attached hydrogens (tertiary/aromatic N) is 2. The third-order valence-electron chi connectivity index (χ3n) is 3.77. The van der Waals surface area contributed by atoms with Crippen molar-refractivity contribution in [2.75, 3.05) is 6.54 Å². The molecule has 2 rings (SSSR count). The van der Waals surface area contributed by atoms with E-state index in [1.807, 2.05) is 18.7 Å². The van der Waals surface area contributed by atoms with Gasteiger partial charge in [0.15, 0.2) is 0 Å². The highest BCUT2D eigenvalue weighted by Gasteiger charge is 2.15. The Kier molecular flexibility index (Phi) is 5.83. The van der Waals surface area contributed by atoms with Crippen LogP contribution in [0.4, 0.5) is 0 Å². The van der Waals surface area contributed by atoms with Gasteiger partial charge in [0, 0.05) is 13.1 Å². The van der Waals surface area contributed by atoms with Crippen LogP contribution < -0.4 is 5.32 Å². The minimum atomic E-state index is 0.359. The van der Waals surface area contributed by atoms with E-state index in [2.05, 4.69) is 47.7 Å². The third kappa shape index (κ3) is 4.08. The molecule has 4 heteroatoms. The fourth-order valence-electron chi connectivity index (χ4n) is 2.62. The smallest absolute Gasteiger partial charge is 0.0846 e. The van der Waals surface area contributed by atoms with E-state index in [4.69, 9.17) is 11.6 Å². The molecule has 1 aromatic heterocycles. The molecule has 0 saturated heterocycles. The van der Waals surface area contributed by atoms with E-state index >= 15 is 0 Å². The van der Waals surface area contributed by atoms with E-state index < -0.39 is 0 Å². The van der Waals surface area contributed by atoms with Gasteiger partial charge in [0.05, 0.1) is 16.4 Å². The Hall–Kier alpha value is -1.32. The lowest BCUT2D eigenvalue weighted by atomic mass is 10.0. The monoisotopic (exact) mass is 305 g/mol. The highest BCUT2D eigenvalue weighted by molar-refractivity contribution is 6.31. The van der Waals surface area contributed by atoms with Crippen LogP contribution in [0.15, 0.2) is 30.3 Å². The molecular weight excluding hydrogens is 282 g/mol.